The van der Waals surface area contributed by atoms with Crippen molar-refractivity contribution in [1.29, 1.82) is 0 Å². The summed E-state index contributed by atoms with van der Waals surface area (Å²) in [6, 6.07) is 20.9. The van der Waals surface area contributed by atoms with Gasteiger partial charge in [-0.3, -0.25) is 4.90 Å². The molecule has 1 atom stereocenters. The van der Waals surface area contributed by atoms with E-state index in [0.29, 0.717) is 6.04 Å². The Kier molecular flexibility index (Phi) is 5.71. The van der Waals surface area contributed by atoms with Gasteiger partial charge in [0.1, 0.15) is 5.69 Å². The number of hydrogen-bond donors (Lipinski definition) is 1. The van der Waals surface area contributed by atoms with Crippen LogP contribution in [0, 0.1) is 0 Å². The first-order chi connectivity index (χ1) is 17.3. The lowest BCUT2D eigenvalue weighted by atomic mass is 10.1. The van der Waals surface area contributed by atoms with Crippen LogP contribution in [0.2, 0.25) is 0 Å². The van der Waals surface area contributed by atoms with Crippen molar-refractivity contribution in [2.45, 2.75) is 13.0 Å². The molecular formula is C27H28N8. The number of hydrogen-bond acceptors (Lipinski definition) is 7. The fraction of sp³-hybridized carbons (Fsp3) is 0.259. The van der Waals surface area contributed by atoms with Gasteiger partial charge < -0.3 is 14.6 Å². The van der Waals surface area contributed by atoms with E-state index in [1.807, 2.05) is 24.3 Å². The molecule has 0 aliphatic carbocycles. The maximum absolute atomic E-state index is 4.67. The Bertz CT molecular complexity index is 1430. The van der Waals surface area contributed by atoms with Gasteiger partial charge in [0.15, 0.2) is 5.82 Å². The van der Waals surface area contributed by atoms with E-state index in [2.05, 4.69) is 89.2 Å². The predicted molar refractivity (Wildman–Crippen MR) is 140 cm³/mol. The smallest absolute Gasteiger partial charge is 0.225 e. The largest absolute Gasteiger partial charge is 0.366 e. The first kappa shape index (κ1) is 21.5. The second-order valence-corrected chi connectivity index (χ2v) is 8.97. The van der Waals surface area contributed by atoms with Crippen LogP contribution in [-0.4, -0.2) is 68.2 Å². The Labute approximate surface area is 204 Å². The molecule has 1 aromatic carbocycles. The molecule has 1 aliphatic heterocycles. The van der Waals surface area contributed by atoms with Crippen molar-refractivity contribution in [3.8, 4) is 11.3 Å². The van der Waals surface area contributed by atoms with E-state index in [1.165, 1.54) is 0 Å². The number of pyridine rings is 1. The van der Waals surface area contributed by atoms with E-state index in [0.717, 1.165) is 72.2 Å². The van der Waals surface area contributed by atoms with Gasteiger partial charge in [-0.25, -0.2) is 9.97 Å². The minimum atomic E-state index is 0.358. The number of nitrogens with zero attached hydrogens (tertiary/aromatic N) is 7. The van der Waals surface area contributed by atoms with Gasteiger partial charge in [-0.2, -0.15) is 0 Å². The zero-order valence-electron chi connectivity index (χ0n) is 19.7. The molecule has 0 spiro atoms. The molecule has 8 heteroatoms. The van der Waals surface area contributed by atoms with Gasteiger partial charge in [0, 0.05) is 73.8 Å². The minimum Gasteiger partial charge on any atom is -0.366 e. The van der Waals surface area contributed by atoms with Crippen molar-refractivity contribution in [3.63, 3.8) is 0 Å². The van der Waals surface area contributed by atoms with Crippen molar-refractivity contribution >= 4 is 28.2 Å². The Morgan fingerprint density at radius 1 is 0.886 bits per heavy atom. The molecule has 4 aromatic heterocycles. The summed E-state index contributed by atoms with van der Waals surface area (Å²) in [7, 11) is 0. The number of anilines is 2. The second-order valence-electron chi connectivity index (χ2n) is 8.97. The summed E-state index contributed by atoms with van der Waals surface area (Å²) in [6.07, 6.45) is 5.70. The van der Waals surface area contributed by atoms with Crippen LogP contribution < -0.4 is 10.2 Å². The van der Waals surface area contributed by atoms with E-state index >= 15 is 0 Å². The number of fused-ring (bicyclic) bond motifs is 3. The third kappa shape index (κ3) is 4.17. The summed E-state index contributed by atoms with van der Waals surface area (Å²) in [4.78, 5) is 13.5. The normalized spacial score (nSPS) is 15.5. The lowest BCUT2D eigenvalue weighted by molar-refractivity contribution is 0.203. The predicted octanol–water partition coefficient (Wildman–Crippen LogP) is 3.96. The topological polar surface area (TPSA) is 74.5 Å². The highest BCUT2D eigenvalue weighted by molar-refractivity contribution is 6.02. The van der Waals surface area contributed by atoms with Crippen LogP contribution in [0.3, 0.4) is 0 Å². The first-order valence-corrected chi connectivity index (χ1v) is 12.1. The van der Waals surface area contributed by atoms with Crippen molar-refractivity contribution in [2.24, 2.45) is 0 Å². The third-order valence-electron chi connectivity index (χ3n) is 6.79. The van der Waals surface area contributed by atoms with E-state index in [1.54, 1.807) is 12.4 Å². The average molecular weight is 465 g/mol. The van der Waals surface area contributed by atoms with Gasteiger partial charge in [0.2, 0.25) is 5.95 Å². The van der Waals surface area contributed by atoms with E-state index in [4.69, 9.17) is 0 Å². The fourth-order valence-corrected chi connectivity index (χ4v) is 4.86. The SMILES string of the molecule is CC(CNc1nnc(-c2ccccc2)c2c1cc1ccccn12)N1CCN(c2ncccn2)CC1. The van der Waals surface area contributed by atoms with Gasteiger partial charge in [-0.05, 0) is 31.2 Å². The summed E-state index contributed by atoms with van der Waals surface area (Å²) in [6.45, 7) is 6.87. The van der Waals surface area contributed by atoms with E-state index < -0.39 is 0 Å². The van der Waals surface area contributed by atoms with Gasteiger partial charge in [-0.15, -0.1) is 10.2 Å². The summed E-state index contributed by atoms with van der Waals surface area (Å²) in [5.74, 6) is 1.64. The van der Waals surface area contributed by atoms with Crippen LogP contribution in [0.4, 0.5) is 11.8 Å². The number of benzene rings is 1. The zero-order valence-corrected chi connectivity index (χ0v) is 19.7. The summed E-state index contributed by atoms with van der Waals surface area (Å²) >= 11 is 0. The Morgan fingerprint density at radius 3 is 2.46 bits per heavy atom. The Balaban J connectivity index is 1.22. The molecule has 1 fully saturated rings. The molecule has 8 nitrogen and oxygen atoms in total. The highest BCUT2D eigenvalue weighted by Gasteiger charge is 2.23. The molecule has 1 N–H and O–H groups in total. The Morgan fingerprint density at radius 2 is 1.66 bits per heavy atom. The second kappa shape index (κ2) is 9.31. The number of aromatic nitrogens is 5. The molecule has 1 unspecified atom stereocenters. The van der Waals surface area contributed by atoms with Crippen LogP contribution in [0.1, 0.15) is 6.92 Å². The highest BCUT2D eigenvalue weighted by atomic mass is 15.3. The molecule has 1 aliphatic rings. The Hall–Kier alpha value is -4.04. The molecule has 176 valence electrons. The van der Waals surface area contributed by atoms with Crippen molar-refractivity contribution in [1.82, 2.24) is 29.5 Å². The van der Waals surface area contributed by atoms with Gasteiger partial charge in [0.05, 0.1) is 5.52 Å². The standard InChI is InChI=1S/C27H28N8/c1-20(33-14-16-34(17-15-33)27-28-11-7-12-29-27)19-30-26-23-18-22-10-5-6-13-35(22)25(23)24(31-32-26)21-8-3-2-4-9-21/h2-13,18,20H,14-17,19H2,1H3,(H,30,32). The van der Waals surface area contributed by atoms with Crippen LogP contribution in [-0.2, 0) is 0 Å². The van der Waals surface area contributed by atoms with Gasteiger partial charge in [-0.1, -0.05) is 36.4 Å². The maximum atomic E-state index is 4.67. The molecular weight excluding hydrogens is 436 g/mol. The summed E-state index contributed by atoms with van der Waals surface area (Å²) < 4.78 is 2.20. The van der Waals surface area contributed by atoms with Crippen molar-refractivity contribution in [2.75, 3.05) is 42.9 Å². The van der Waals surface area contributed by atoms with Gasteiger partial charge in [0.25, 0.3) is 0 Å². The molecule has 6 rings (SSSR count). The molecule has 0 amide bonds. The van der Waals surface area contributed by atoms with Crippen LogP contribution in [0.15, 0.2) is 79.3 Å². The first-order valence-electron chi connectivity index (χ1n) is 12.1. The summed E-state index contributed by atoms with van der Waals surface area (Å²) in [5, 5.41) is 14.0. The van der Waals surface area contributed by atoms with Crippen molar-refractivity contribution in [3.05, 3.63) is 79.3 Å². The fourth-order valence-electron chi connectivity index (χ4n) is 4.86. The molecule has 5 heterocycles. The minimum absolute atomic E-state index is 0.358. The molecule has 5 aromatic rings. The molecule has 0 radical (unpaired) electrons. The summed E-state index contributed by atoms with van der Waals surface area (Å²) in [5.41, 5.74) is 4.16. The van der Waals surface area contributed by atoms with E-state index in [9.17, 15) is 0 Å². The molecule has 0 bridgehead atoms. The maximum Gasteiger partial charge on any atom is 0.225 e. The quantitative estimate of drug-likeness (QED) is 0.408. The monoisotopic (exact) mass is 464 g/mol. The number of nitrogens with one attached hydrogen (secondary N) is 1. The van der Waals surface area contributed by atoms with Crippen molar-refractivity contribution < 1.29 is 0 Å². The third-order valence-corrected chi connectivity index (χ3v) is 6.79. The zero-order chi connectivity index (χ0) is 23.6. The molecule has 1 saturated heterocycles. The van der Waals surface area contributed by atoms with Crippen LogP contribution >= 0.6 is 0 Å². The highest BCUT2D eigenvalue weighted by Crippen LogP contribution is 2.32. The lowest BCUT2D eigenvalue weighted by Crippen LogP contribution is -2.51. The lowest BCUT2D eigenvalue weighted by Gasteiger charge is -2.38. The van der Waals surface area contributed by atoms with Crippen LogP contribution in [0.25, 0.3) is 27.7 Å². The molecule has 0 saturated carbocycles. The molecule has 35 heavy (non-hydrogen) atoms. The number of piperazine rings is 1. The number of rotatable bonds is 6. The van der Waals surface area contributed by atoms with Gasteiger partial charge >= 0.3 is 0 Å². The van der Waals surface area contributed by atoms with Crippen LogP contribution in [0.5, 0.6) is 0 Å². The van der Waals surface area contributed by atoms with E-state index in [-0.39, 0.29) is 0 Å². The average Bonchev–Trinajstić information content (AvgIpc) is 3.33.